The van der Waals surface area contributed by atoms with Gasteiger partial charge in [0, 0.05) is 16.8 Å². The van der Waals surface area contributed by atoms with Crippen molar-refractivity contribution < 1.29 is 9.18 Å². The molecule has 0 saturated heterocycles. The monoisotopic (exact) mass is 206 g/mol. The molecule has 0 atom stereocenters. The molecule has 0 spiro atoms. The second kappa shape index (κ2) is 4.47. The third kappa shape index (κ3) is 2.47. The Hall–Kier alpha value is -2.02. The zero-order chi connectivity index (χ0) is 11.4. The lowest BCUT2D eigenvalue weighted by Crippen LogP contribution is -2.23. The number of nitrogens with two attached hydrogens (primary N) is 1. The summed E-state index contributed by atoms with van der Waals surface area (Å²) in [6.07, 6.45) is 4.98. The van der Waals surface area contributed by atoms with Crippen LogP contribution in [0, 0.1) is 25.1 Å². The minimum atomic E-state index is -0.499. The van der Waals surface area contributed by atoms with Gasteiger partial charge < -0.3 is 11.1 Å². The summed E-state index contributed by atoms with van der Waals surface area (Å²) in [5.41, 5.74) is 6.29. The highest BCUT2D eigenvalue weighted by Gasteiger charge is 2.09. The fourth-order valence-electron chi connectivity index (χ4n) is 1.06. The van der Waals surface area contributed by atoms with Gasteiger partial charge in [-0.2, -0.15) is 0 Å². The first-order valence-corrected chi connectivity index (χ1v) is 4.33. The first-order chi connectivity index (χ1) is 7.06. The topological polar surface area (TPSA) is 55.1 Å². The Kier molecular flexibility index (Phi) is 3.29. The van der Waals surface area contributed by atoms with Crippen LogP contribution in [0.15, 0.2) is 12.1 Å². The first kappa shape index (κ1) is 11.1. The van der Waals surface area contributed by atoms with E-state index >= 15 is 0 Å². The molecule has 0 bridgehead atoms. The minimum absolute atomic E-state index is 0.105. The van der Waals surface area contributed by atoms with Crippen molar-refractivity contribution in [2.24, 2.45) is 0 Å². The molecule has 1 rings (SSSR count). The predicted octanol–water partition coefficient (Wildman–Crippen LogP) is 1.08. The van der Waals surface area contributed by atoms with E-state index in [0.29, 0.717) is 5.56 Å². The quantitative estimate of drug-likeness (QED) is 0.562. The standard InChI is InChI=1S/C11H11FN2O/c1-3-4-14-11(15)8-5-9(12)7(2)10(13)6-8/h1,5-6H,4,13H2,2H3,(H,14,15). The van der Waals surface area contributed by atoms with Crippen LogP contribution in [0.3, 0.4) is 0 Å². The number of benzene rings is 1. The number of hydrogen-bond donors (Lipinski definition) is 2. The van der Waals surface area contributed by atoms with E-state index in [-0.39, 0.29) is 17.8 Å². The van der Waals surface area contributed by atoms with Crippen LogP contribution >= 0.6 is 0 Å². The third-order valence-corrected chi connectivity index (χ3v) is 2.00. The molecule has 3 N–H and O–H groups in total. The molecule has 15 heavy (non-hydrogen) atoms. The third-order valence-electron chi connectivity index (χ3n) is 2.00. The molecule has 0 unspecified atom stereocenters. The maximum atomic E-state index is 13.2. The summed E-state index contributed by atoms with van der Waals surface area (Å²) in [6.45, 7) is 1.65. The molecule has 0 aliphatic carbocycles. The van der Waals surface area contributed by atoms with Crippen molar-refractivity contribution >= 4 is 11.6 Å². The maximum absolute atomic E-state index is 13.2. The van der Waals surface area contributed by atoms with Crippen LogP contribution in [0.1, 0.15) is 15.9 Å². The SMILES string of the molecule is C#CCNC(=O)c1cc(N)c(C)c(F)c1. The van der Waals surface area contributed by atoms with Gasteiger partial charge >= 0.3 is 0 Å². The van der Waals surface area contributed by atoms with Crippen molar-refractivity contribution in [3.63, 3.8) is 0 Å². The zero-order valence-corrected chi connectivity index (χ0v) is 8.30. The van der Waals surface area contributed by atoms with Gasteiger partial charge in [-0.3, -0.25) is 4.79 Å². The van der Waals surface area contributed by atoms with Crippen LogP contribution in [0.5, 0.6) is 0 Å². The average Bonchev–Trinajstić information content (AvgIpc) is 2.21. The highest BCUT2D eigenvalue weighted by atomic mass is 19.1. The molecule has 4 heteroatoms. The molecule has 0 radical (unpaired) electrons. The lowest BCUT2D eigenvalue weighted by atomic mass is 10.1. The predicted molar refractivity (Wildman–Crippen MR) is 56.7 cm³/mol. The van der Waals surface area contributed by atoms with Crippen LogP contribution in [0.4, 0.5) is 10.1 Å². The molecule has 0 aliphatic rings. The van der Waals surface area contributed by atoms with Crippen molar-refractivity contribution in [2.45, 2.75) is 6.92 Å². The summed E-state index contributed by atoms with van der Waals surface area (Å²) >= 11 is 0. The number of nitrogens with one attached hydrogen (secondary N) is 1. The second-order valence-corrected chi connectivity index (χ2v) is 3.06. The highest BCUT2D eigenvalue weighted by Crippen LogP contribution is 2.17. The van der Waals surface area contributed by atoms with Gasteiger partial charge in [-0.15, -0.1) is 6.42 Å². The van der Waals surface area contributed by atoms with Crippen molar-refractivity contribution in [1.82, 2.24) is 5.32 Å². The smallest absolute Gasteiger partial charge is 0.252 e. The van der Waals surface area contributed by atoms with Crippen molar-refractivity contribution in [1.29, 1.82) is 0 Å². The molecule has 1 aromatic carbocycles. The van der Waals surface area contributed by atoms with Crippen molar-refractivity contribution in [2.75, 3.05) is 12.3 Å². The number of anilines is 1. The van der Waals surface area contributed by atoms with E-state index in [1.165, 1.54) is 6.07 Å². The van der Waals surface area contributed by atoms with Gasteiger partial charge in [-0.05, 0) is 19.1 Å². The molecule has 1 amide bonds. The van der Waals surface area contributed by atoms with E-state index in [1.54, 1.807) is 6.92 Å². The Morgan fingerprint density at radius 3 is 2.87 bits per heavy atom. The van der Waals surface area contributed by atoms with Gasteiger partial charge in [-0.1, -0.05) is 5.92 Å². The molecule has 1 aromatic rings. The number of hydrogen-bond acceptors (Lipinski definition) is 2. The zero-order valence-electron chi connectivity index (χ0n) is 8.30. The van der Waals surface area contributed by atoms with Gasteiger partial charge in [0.05, 0.1) is 6.54 Å². The van der Waals surface area contributed by atoms with Crippen LogP contribution in [-0.4, -0.2) is 12.5 Å². The average molecular weight is 206 g/mol. The van der Waals surface area contributed by atoms with E-state index in [0.717, 1.165) is 6.07 Å². The lowest BCUT2D eigenvalue weighted by Gasteiger charge is -2.06. The number of rotatable bonds is 2. The van der Waals surface area contributed by atoms with E-state index in [2.05, 4.69) is 11.2 Å². The molecular weight excluding hydrogens is 195 g/mol. The van der Waals surface area contributed by atoms with Crippen LogP contribution < -0.4 is 11.1 Å². The summed E-state index contributed by atoms with van der Waals surface area (Å²) in [5.74, 6) is 1.32. The molecule has 78 valence electrons. The Morgan fingerprint density at radius 2 is 2.33 bits per heavy atom. The van der Waals surface area contributed by atoms with E-state index in [4.69, 9.17) is 12.2 Å². The maximum Gasteiger partial charge on any atom is 0.252 e. The molecule has 0 saturated carbocycles. The Bertz CT molecular complexity index is 412. The fourth-order valence-corrected chi connectivity index (χ4v) is 1.06. The largest absolute Gasteiger partial charge is 0.398 e. The van der Waals surface area contributed by atoms with Gasteiger partial charge in [0.25, 0.3) is 5.91 Å². The number of nitrogen functional groups attached to an aromatic ring is 1. The summed E-state index contributed by atoms with van der Waals surface area (Å²) in [5, 5.41) is 2.43. The molecule has 0 aromatic heterocycles. The Labute approximate surface area is 87.5 Å². The summed E-state index contributed by atoms with van der Waals surface area (Å²) in [7, 11) is 0. The molecule has 0 heterocycles. The van der Waals surface area contributed by atoms with Crippen LogP contribution in [0.2, 0.25) is 0 Å². The number of terminal acetylenes is 1. The van der Waals surface area contributed by atoms with Crippen LogP contribution in [-0.2, 0) is 0 Å². The number of amides is 1. The second-order valence-electron chi connectivity index (χ2n) is 3.06. The van der Waals surface area contributed by atoms with Gasteiger partial charge in [-0.25, -0.2) is 4.39 Å². The van der Waals surface area contributed by atoms with Crippen LogP contribution in [0.25, 0.3) is 0 Å². The number of halogens is 1. The highest BCUT2D eigenvalue weighted by molar-refractivity contribution is 5.95. The minimum Gasteiger partial charge on any atom is -0.398 e. The van der Waals surface area contributed by atoms with Gasteiger partial charge in [0.15, 0.2) is 0 Å². The normalized spacial score (nSPS) is 9.40. The summed E-state index contributed by atoms with van der Waals surface area (Å²) in [6, 6.07) is 2.56. The Balaban J connectivity index is 2.97. The number of carbonyl (C=O) groups excluding carboxylic acids is 1. The van der Waals surface area contributed by atoms with Crippen molar-refractivity contribution in [3.05, 3.63) is 29.1 Å². The van der Waals surface area contributed by atoms with Gasteiger partial charge in [0.1, 0.15) is 5.82 Å². The van der Waals surface area contributed by atoms with Gasteiger partial charge in [0.2, 0.25) is 0 Å². The molecule has 0 aliphatic heterocycles. The molecule has 0 fully saturated rings. The lowest BCUT2D eigenvalue weighted by molar-refractivity contribution is 0.0958. The van der Waals surface area contributed by atoms with E-state index in [1.807, 2.05) is 0 Å². The molecular formula is C11H11FN2O. The summed E-state index contributed by atoms with van der Waals surface area (Å²) < 4.78 is 13.2. The first-order valence-electron chi connectivity index (χ1n) is 4.33. The van der Waals surface area contributed by atoms with Crippen molar-refractivity contribution in [3.8, 4) is 12.3 Å². The van der Waals surface area contributed by atoms with E-state index in [9.17, 15) is 9.18 Å². The summed E-state index contributed by atoms with van der Waals surface area (Å²) in [4.78, 5) is 11.4. The Morgan fingerprint density at radius 1 is 1.67 bits per heavy atom. The van der Waals surface area contributed by atoms with E-state index < -0.39 is 11.7 Å². The molecule has 3 nitrogen and oxygen atoms in total. The number of carbonyl (C=O) groups is 1. The fraction of sp³-hybridized carbons (Fsp3) is 0.182.